The van der Waals surface area contributed by atoms with Gasteiger partial charge in [0.1, 0.15) is 0 Å². The van der Waals surface area contributed by atoms with Crippen LogP contribution < -0.4 is 10.2 Å². The molecule has 0 unspecified atom stereocenters. The number of rotatable bonds is 6. The summed E-state index contributed by atoms with van der Waals surface area (Å²) in [6.45, 7) is -0.294. The monoisotopic (exact) mass is 464 g/mol. The van der Waals surface area contributed by atoms with E-state index in [2.05, 4.69) is 31.2 Å². The standard InChI is InChI=1S/C17H13BrClF3N2O3/c1-26-15(25)9-27-16-13(18)6-10(7-14(16)19)8-23-24-12-4-2-11(3-5-12)17(20,21)22/h2-8,24H,9H2,1H3/b23-8+. The number of ether oxygens (including phenoxy) is 2. The van der Waals surface area contributed by atoms with E-state index in [1.807, 2.05) is 0 Å². The number of esters is 1. The molecule has 0 aromatic heterocycles. The molecule has 1 N–H and O–H groups in total. The molecule has 10 heteroatoms. The Kier molecular flexibility index (Phi) is 7.09. The average molecular weight is 466 g/mol. The van der Waals surface area contributed by atoms with Gasteiger partial charge in [-0.1, -0.05) is 11.6 Å². The minimum absolute atomic E-state index is 0.240. The van der Waals surface area contributed by atoms with Gasteiger partial charge in [0.05, 0.1) is 34.1 Å². The van der Waals surface area contributed by atoms with Crippen molar-refractivity contribution in [2.45, 2.75) is 6.18 Å². The predicted octanol–water partition coefficient (Wildman–Crippen LogP) is 5.12. The Bertz CT molecular complexity index is 819. The Labute approximate surface area is 166 Å². The van der Waals surface area contributed by atoms with Crippen molar-refractivity contribution in [3.05, 3.63) is 57.0 Å². The molecule has 2 rings (SSSR count). The summed E-state index contributed by atoms with van der Waals surface area (Å²) < 4.78 is 47.8. The quantitative estimate of drug-likeness (QED) is 0.365. The second-order valence-corrected chi connectivity index (χ2v) is 6.39. The molecule has 0 aliphatic rings. The van der Waals surface area contributed by atoms with Gasteiger partial charge in [-0.2, -0.15) is 18.3 Å². The number of carbonyl (C=O) groups excluding carboxylic acids is 1. The molecule has 2 aromatic rings. The molecular formula is C17H13BrClF3N2O3. The summed E-state index contributed by atoms with van der Waals surface area (Å²) in [7, 11) is 1.24. The lowest BCUT2D eigenvalue weighted by Gasteiger charge is -2.10. The largest absolute Gasteiger partial charge is 0.479 e. The molecule has 0 aliphatic carbocycles. The topological polar surface area (TPSA) is 59.9 Å². The van der Waals surface area contributed by atoms with Gasteiger partial charge in [0, 0.05) is 0 Å². The number of carbonyl (C=O) groups is 1. The Morgan fingerprint density at radius 3 is 2.52 bits per heavy atom. The van der Waals surface area contributed by atoms with E-state index >= 15 is 0 Å². The highest BCUT2D eigenvalue weighted by molar-refractivity contribution is 9.10. The van der Waals surface area contributed by atoms with E-state index in [-0.39, 0.29) is 17.4 Å². The number of hydrogen-bond acceptors (Lipinski definition) is 5. The van der Waals surface area contributed by atoms with Crippen LogP contribution in [0.2, 0.25) is 5.02 Å². The van der Waals surface area contributed by atoms with Crippen LogP contribution in [-0.4, -0.2) is 25.9 Å². The number of hydrogen-bond donors (Lipinski definition) is 1. The van der Waals surface area contributed by atoms with Gasteiger partial charge in [-0.05, 0) is 57.9 Å². The normalized spacial score (nSPS) is 11.5. The molecule has 0 saturated heterocycles. The van der Waals surface area contributed by atoms with Gasteiger partial charge in [0.15, 0.2) is 12.4 Å². The van der Waals surface area contributed by atoms with E-state index in [0.29, 0.717) is 15.7 Å². The van der Waals surface area contributed by atoms with Crippen LogP contribution in [0.3, 0.4) is 0 Å². The third-order valence-electron chi connectivity index (χ3n) is 3.20. The zero-order chi connectivity index (χ0) is 20.0. The molecule has 0 spiro atoms. The van der Waals surface area contributed by atoms with Crippen LogP contribution in [0, 0.1) is 0 Å². The summed E-state index contributed by atoms with van der Waals surface area (Å²) in [6.07, 6.45) is -2.96. The second-order valence-electron chi connectivity index (χ2n) is 5.12. The van der Waals surface area contributed by atoms with Crippen LogP contribution in [0.1, 0.15) is 11.1 Å². The van der Waals surface area contributed by atoms with Gasteiger partial charge in [-0.15, -0.1) is 0 Å². The first-order chi connectivity index (χ1) is 12.7. The van der Waals surface area contributed by atoms with Crippen molar-refractivity contribution in [1.29, 1.82) is 0 Å². The number of methoxy groups -OCH3 is 1. The summed E-state index contributed by atoms with van der Waals surface area (Å²) >= 11 is 9.40. The second kappa shape index (κ2) is 9.09. The van der Waals surface area contributed by atoms with Crippen molar-refractivity contribution in [3.63, 3.8) is 0 Å². The van der Waals surface area contributed by atoms with Gasteiger partial charge in [0.25, 0.3) is 0 Å². The minimum atomic E-state index is -4.39. The van der Waals surface area contributed by atoms with E-state index in [9.17, 15) is 18.0 Å². The maximum absolute atomic E-state index is 12.5. The lowest BCUT2D eigenvalue weighted by molar-refractivity contribution is -0.143. The molecule has 0 heterocycles. The van der Waals surface area contributed by atoms with Gasteiger partial charge in [-0.3, -0.25) is 5.43 Å². The molecule has 0 saturated carbocycles. The summed E-state index contributed by atoms with van der Waals surface area (Å²) in [5, 5.41) is 4.19. The van der Waals surface area contributed by atoms with E-state index < -0.39 is 17.7 Å². The highest BCUT2D eigenvalue weighted by Gasteiger charge is 2.29. The van der Waals surface area contributed by atoms with Crippen molar-refractivity contribution in [2.75, 3.05) is 19.1 Å². The third-order valence-corrected chi connectivity index (χ3v) is 4.07. The Hall–Kier alpha value is -2.26. The number of nitrogens with one attached hydrogen (secondary N) is 1. The first-order valence-electron chi connectivity index (χ1n) is 7.35. The Morgan fingerprint density at radius 1 is 1.30 bits per heavy atom. The fourth-order valence-corrected chi connectivity index (χ4v) is 2.89. The van der Waals surface area contributed by atoms with Crippen LogP contribution in [0.5, 0.6) is 5.75 Å². The summed E-state index contributed by atoms with van der Waals surface area (Å²) in [5.41, 5.74) is 2.87. The van der Waals surface area contributed by atoms with Crippen molar-refractivity contribution >= 4 is 45.4 Å². The van der Waals surface area contributed by atoms with Crippen LogP contribution >= 0.6 is 27.5 Å². The highest BCUT2D eigenvalue weighted by atomic mass is 79.9. The van der Waals surface area contributed by atoms with Gasteiger partial charge in [-0.25, -0.2) is 4.79 Å². The third kappa shape index (κ3) is 6.14. The number of hydrazone groups is 1. The Balaban J connectivity index is 2.03. The van der Waals surface area contributed by atoms with Crippen molar-refractivity contribution in [2.24, 2.45) is 5.10 Å². The first-order valence-corrected chi connectivity index (χ1v) is 8.53. The average Bonchev–Trinajstić information content (AvgIpc) is 2.60. The molecular weight excluding hydrogens is 453 g/mol. The SMILES string of the molecule is COC(=O)COc1c(Cl)cc(/C=N/Nc2ccc(C(F)(F)F)cc2)cc1Br. The maximum Gasteiger partial charge on any atom is 0.416 e. The van der Waals surface area contributed by atoms with Crippen LogP contribution in [0.15, 0.2) is 46.0 Å². The number of alkyl halides is 3. The smallest absolute Gasteiger partial charge is 0.416 e. The molecule has 0 atom stereocenters. The fourth-order valence-electron chi connectivity index (χ4n) is 1.90. The molecule has 0 aliphatic heterocycles. The lowest BCUT2D eigenvalue weighted by atomic mass is 10.2. The molecule has 144 valence electrons. The number of halogens is 5. The van der Waals surface area contributed by atoms with Gasteiger partial charge < -0.3 is 9.47 Å². The molecule has 2 aromatic carbocycles. The summed E-state index contributed by atoms with van der Waals surface area (Å²) in [4.78, 5) is 11.1. The molecule has 5 nitrogen and oxygen atoms in total. The molecule has 0 amide bonds. The van der Waals surface area contributed by atoms with E-state index in [0.717, 1.165) is 12.1 Å². The van der Waals surface area contributed by atoms with E-state index in [1.165, 1.54) is 25.5 Å². The molecule has 0 radical (unpaired) electrons. The van der Waals surface area contributed by atoms with Gasteiger partial charge in [0.2, 0.25) is 0 Å². The van der Waals surface area contributed by atoms with Crippen LogP contribution in [0.25, 0.3) is 0 Å². The van der Waals surface area contributed by atoms with Crippen LogP contribution in [0.4, 0.5) is 18.9 Å². The minimum Gasteiger partial charge on any atom is -0.479 e. The summed E-state index contributed by atoms with van der Waals surface area (Å²) in [5.74, 6) is -0.278. The fraction of sp³-hybridized carbons (Fsp3) is 0.176. The number of nitrogens with zero attached hydrogens (tertiary/aromatic N) is 1. The highest BCUT2D eigenvalue weighted by Crippen LogP contribution is 2.34. The lowest BCUT2D eigenvalue weighted by Crippen LogP contribution is -2.13. The van der Waals surface area contributed by atoms with Crippen LogP contribution in [-0.2, 0) is 15.7 Å². The zero-order valence-corrected chi connectivity index (χ0v) is 16.2. The van der Waals surface area contributed by atoms with E-state index in [1.54, 1.807) is 12.1 Å². The summed E-state index contributed by atoms with van der Waals surface area (Å²) in [6, 6.07) is 7.66. The maximum atomic E-state index is 12.5. The van der Waals surface area contributed by atoms with Crippen molar-refractivity contribution < 1.29 is 27.4 Å². The predicted molar refractivity (Wildman–Crippen MR) is 99.3 cm³/mol. The first kappa shape index (κ1) is 21.0. The number of benzene rings is 2. The van der Waals surface area contributed by atoms with Crippen molar-refractivity contribution in [3.8, 4) is 5.75 Å². The Morgan fingerprint density at radius 2 is 1.96 bits per heavy atom. The van der Waals surface area contributed by atoms with E-state index in [4.69, 9.17) is 16.3 Å². The van der Waals surface area contributed by atoms with Gasteiger partial charge >= 0.3 is 12.1 Å². The van der Waals surface area contributed by atoms with Crippen molar-refractivity contribution in [1.82, 2.24) is 0 Å². The zero-order valence-electron chi connectivity index (χ0n) is 13.8. The molecule has 0 bridgehead atoms. The number of anilines is 1. The molecule has 27 heavy (non-hydrogen) atoms. The molecule has 0 fully saturated rings.